The van der Waals surface area contributed by atoms with Crippen LogP contribution in [0.15, 0.2) is 54.6 Å². The highest BCUT2D eigenvalue weighted by Crippen LogP contribution is 2.24. The lowest BCUT2D eigenvalue weighted by atomic mass is 10.0. The number of likely N-dealkylation sites (tertiary alicyclic amines) is 1. The van der Waals surface area contributed by atoms with E-state index in [2.05, 4.69) is 64.7 Å². The summed E-state index contributed by atoms with van der Waals surface area (Å²) in [4.78, 5) is 10.7. The highest BCUT2D eigenvalue weighted by molar-refractivity contribution is 5.75. The Morgan fingerprint density at radius 2 is 1.75 bits per heavy atom. The van der Waals surface area contributed by atoms with Crippen LogP contribution in [0.2, 0.25) is 0 Å². The Labute approximate surface area is 142 Å². The maximum absolute atomic E-state index is 4.84. The molecule has 4 heteroatoms. The van der Waals surface area contributed by atoms with Crippen molar-refractivity contribution < 1.29 is 0 Å². The first-order valence-electron chi connectivity index (χ1n) is 8.74. The third kappa shape index (κ3) is 3.21. The van der Waals surface area contributed by atoms with E-state index in [1.54, 1.807) is 0 Å². The lowest BCUT2D eigenvalue weighted by Crippen LogP contribution is -2.42. The Morgan fingerprint density at radius 1 is 1.04 bits per heavy atom. The summed E-state index contributed by atoms with van der Waals surface area (Å²) in [6.07, 6.45) is 2.36. The van der Waals surface area contributed by atoms with Crippen LogP contribution in [0.4, 0.5) is 0 Å². The Balaban J connectivity index is 1.65. The summed E-state index contributed by atoms with van der Waals surface area (Å²) in [6, 6.07) is 19.5. The largest absolute Gasteiger partial charge is 0.340 e. The van der Waals surface area contributed by atoms with Gasteiger partial charge in [0.1, 0.15) is 5.82 Å². The van der Waals surface area contributed by atoms with Crippen LogP contribution in [0.3, 0.4) is 0 Å². The number of H-pyrrole nitrogens is 1. The van der Waals surface area contributed by atoms with Crippen molar-refractivity contribution in [2.24, 2.45) is 0 Å². The fourth-order valence-electron chi connectivity index (χ4n) is 3.50. The summed E-state index contributed by atoms with van der Waals surface area (Å²) in [5.74, 6) is 1.00. The molecular formula is C20H24N4. The molecule has 4 rings (SSSR count). The minimum atomic E-state index is 0.104. The normalized spacial score (nSPS) is 18.0. The Morgan fingerprint density at radius 3 is 2.50 bits per heavy atom. The molecule has 1 atom stereocenters. The van der Waals surface area contributed by atoms with Gasteiger partial charge in [0, 0.05) is 6.04 Å². The number of piperidine rings is 1. The van der Waals surface area contributed by atoms with Crippen molar-refractivity contribution in [1.82, 2.24) is 20.2 Å². The highest BCUT2D eigenvalue weighted by Gasteiger charge is 2.24. The third-order valence-corrected chi connectivity index (χ3v) is 4.93. The van der Waals surface area contributed by atoms with E-state index in [0.29, 0.717) is 6.04 Å². The molecule has 1 saturated heterocycles. The van der Waals surface area contributed by atoms with Crippen molar-refractivity contribution in [2.75, 3.05) is 20.1 Å². The number of imidazole rings is 1. The maximum atomic E-state index is 4.84. The van der Waals surface area contributed by atoms with Gasteiger partial charge in [0.15, 0.2) is 0 Å². The molecule has 1 aromatic heterocycles. The van der Waals surface area contributed by atoms with Crippen LogP contribution >= 0.6 is 0 Å². The molecule has 2 aromatic carbocycles. The predicted octanol–water partition coefficient (Wildman–Crippen LogP) is 3.34. The van der Waals surface area contributed by atoms with E-state index >= 15 is 0 Å². The molecule has 24 heavy (non-hydrogen) atoms. The number of rotatable bonds is 4. The van der Waals surface area contributed by atoms with Gasteiger partial charge in [-0.25, -0.2) is 4.98 Å². The van der Waals surface area contributed by atoms with Gasteiger partial charge in [-0.1, -0.05) is 42.5 Å². The van der Waals surface area contributed by atoms with Crippen LogP contribution in [0.1, 0.15) is 30.3 Å². The molecule has 0 saturated carbocycles. The SMILES string of the molecule is CN1CCC(NC(c2ccccc2)c2nc3ccccc3[nH]2)CC1. The van der Waals surface area contributed by atoms with E-state index < -0.39 is 0 Å². The molecule has 0 bridgehead atoms. The molecule has 1 aliphatic heterocycles. The first-order chi connectivity index (χ1) is 11.8. The number of nitrogens with one attached hydrogen (secondary N) is 2. The summed E-state index contributed by atoms with van der Waals surface area (Å²) in [5, 5.41) is 3.85. The van der Waals surface area contributed by atoms with Gasteiger partial charge >= 0.3 is 0 Å². The number of aromatic amines is 1. The van der Waals surface area contributed by atoms with Crippen molar-refractivity contribution in [3.63, 3.8) is 0 Å². The number of para-hydroxylation sites is 2. The molecule has 4 nitrogen and oxygen atoms in total. The van der Waals surface area contributed by atoms with Crippen LogP contribution < -0.4 is 5.32 Å². The Kier molecular flexibility index (Phi) is 4.32. The van der Waals surface area contributed by atoms with E-state index in [4.69, 9.17) is 4.98 Å². The van der Waals surface area contributed by atoms with Crippen molar-refractivity contribution in [3.8, 4) is 0 Å². The maximum Gasteiger partial charge on any atom is 0.129 e. The standard InChI is InChI=1S/C20H24N4/c1-24-13-11-16(12-14-24)21-19(15-7-3-2-4-8-15)20-22-17-9-5-6-10-18(17)23-20/h2-10,16,19,21H,11-14H2,1H3,(H,22,23). The molecule has 3 aromatic rings. The van der Waals surface area contributed by atoms with E-state index in [9.17, 15) is 0 Å². The average Bonchev–Trinajstić information content (AvgIpc) is 3.06. The van der Waals surface area contributed by atoms with Gasteiger partial charge < -0.3 is 15.2 Å². The van der Waals surface area contributed by atoms with Crippen molar-refractivity contribution >= 4 is 11.0 Å². The van der Waals surface area contributed by atoms with Crippen molar-refractivity contribution in [1.29, 1.82) is 0 Å². The zero-order valence-corrected chi connectivity index (χ0v) is 14.1. The van der Waals surface area contributed by atoms with Gasteiger partial charge in [-0.2, -0.15) is 0 Å². The predicted molar refractivity (Wildman–Crippen MR) is 98.0 cm³/mol. The van der Waals surface area contributed by atoms with Gasteiger partial charge in [-0.15, -0.1) is 0 Å². The number of hydrogen-bond acceptors (Lipinski definition) is 3. The average molecular weight is 320 g/mol. The molecule has 0 spiro atoms. The second kappa shape index (κ2) is 6.75. The van der Waals surface area contributed by atoms with Crippen molar-refractivity contribution in [3.05, 3.63) is 66.0 Å². The number of aromatic nitrogens is 2. The number of nitrogens with zero attached hydrogens (tertiary/aromatic N) is 2. The third-order valence-electron chi connectivity index (χ3n) is 4.93. The molecule has 0 radical (unpaired) electrons. The first kappa shape index (κ1) is 15.4. The van der Waals surface area contributed by atoms with Crippen LogP contribution in [-0.2, 0) is 0 Å². The monoisotopic (exact) mass is 320 g/mol. The zero-order chi connectivity index (χ0) is 16.4. The summed E-state index contributed by atoms with van der Waals surface area (Å²) < 4.78 is 0. The van der Waals surface area contributed by atoms with Crippen LogP contribution in [0.25, 0.3) is 11.0 Å². The van der Waals surface area contributed by atoms with Crippen LogP contribution in [0.5, 0.6) is 0 Å². The molecule has 1 aliphatic rings. The lowest BCUT2D eigenvalue weighted by Gasteiger charge is -2.32. The molecule has 1 unspecified atom stereocenters. The van der Waals surface area contributed by atoms with E-state index in [0.717, 1.165) is 29.9 Å². The summed E-state index contributed by atoms with van der Waals surface area (Å²) >= 11 is 0. The number of hydrogen-bond donors (Lipinski definition) is 2. The minimum absolute atomic E-state index is 0.104. The van der Waals surface area contributed by atoms with Crippen LogP contribution in [-0.4, -0.2) is 41.0 Å². The van der Waals surface area contributed by atoms with Crippen molar-refractivity contribution in [2.45, 2.75) is 24.9 Å². The van der Waals surface area contributed by atoms with Gasteiger partial charge in [-0.3, -0.25) is 0 Å². The summed E-state index contributed by atoms with van der Waals surface area (Å²) in [7, 11) is 2.20. The zero-order valence-electron chi connectivity index (χ0n) is 14.1. The van der Waals surface area contributed by atoms with Gasteiger partial charge in [0.05, 0.1) is 17.1 Å². The van der Waals surface area contributed by atoms with Crippen LogP contribution in [0, 0.1) is 0 Å². The Hall–Kier alpha value is -2.17. The fraction of sp³-hybridized carbons (Fsp3) is 0.350. The minimum Gasteiger partial charge on any atom is -0.340 e. The summed E-state index contributed by atoms with van der Waals surface area (Å²) in [5.41, 5.74) is 3.38. The number of benzene rings is 2. The van der Waals surface area contributed by atoms with E-state index in [1.165, 1.54) is 18.4 Å². The van der Waals surface area contributed by atoms with Gasteiger partial charge in [-0.05, 0) is 50.7 Å². The van der Waals surface area contributed by atoms with E-state index in [-0.39, 0.29) is 6.04 Å². The van der Waals surface area contributed by atoms with Gasteiger partial charge in [0.25, 0.3) is 0 Å². The first-order valence-corrected chi connectivity index (χ1v) is 8.74. The Bertz CT molecular complexity index is 755. The van der Waals surface area contributed by atoms with Gasteiger partial charge in [0.2, 0.25) is 0 Å². The highest BCUT2D eigenvalue weighted by atomic mass is 15.1. The fourth-order valence-corrected chi connectivity index (χ4v) is 3.50. The quantitative estimate of drug-likeness (QED) is 0.775. The molecule has 2 heterocycles. The second-order valence-electron chi connectivity index (χ2n) is 6.73. The molecular weight excluding hydrogens is 296 g/mol. The summed E-state index contributed by atoms with van der Waals surface area (Å²) in [6.45, 7) is 2.30. The second-order valence-corrected chi connectivity index (χ2v) is 6.73. The number of fused-ring (bicyclic) bond motifs is 1. The molecule has 0 amide bonds. The molecule has 0 aliphatic carbocycles. The van der Waals surface area contributed by atoms with E-state index in [1.807, 2.05) is 12.1 Å². The smallest absolute Gasteiger partial charge is 0.129 e. The lowest BCUT2D eigenvalue weighted by molar-refractivity contribution is 0.228. The molecule has 2 N–H and O–H groups in total. The molecule has 1 fully saturated rings. The topological polar surface area (TPSA) is 44.0 Å². The molecule has 124 valence electrons.